The van der Waals surface area contributed by atoms with Crippen LogP contribution in [-0.4, -0.2) is 51.5 Å². The molecule has 0 spiro atoms. The fraction of sp³-hybridized carbons (Fsp3) is 0.714. The van der Waals surface area contributed by atoms with Gasteiger partial charge in [0.2, 0.25) is 5.91 Å². The van der Waals surface area contributed by atoms with Crippen molar-refractivity contribution in [2.45, 2.75) is 157 Å². The van der Waals surface area contributed by atoms with Gasteiger partial charge in [-0.1, -0.05) is 70.5 Å². The van der Waals surface area contributed by atoms with Crippen LogP contribution in [0.1, 0.15) is 151 Å². The highest BCUT2D eigenvalue weighted by molar-refractivity contribution is 6.30. The summed E-state index contributed by atoms with van der Waals surface area (Å²) in [5.41, 5.74) is 2.16. The van der Waals surface area contributed by atoms with Crippen LogP contribution < -0.4 is 0 Å². The van der Waals surface area contributed by atoms with Crippen molar-refractivity contribution in [2.24, 2.45) is 56.7 Å². The van der Waals surface area contributed by atoms with Gasteiger partial charge in [0.15, 0.2) is 0 Å². The van der Waals surface area contributed by atoms with Crippen LogP contribution in [0.2, 0.25) is 5.02 Å². The number of aromatic nitrogens is 2. The van der Waals surface area contributed by atoms with Crippen molar-refractivity contribution < 1.29 is 23.9 Å². The topological polar surface area (TPSA) is 102 Å². The second kappa shape index (κ2) is 14.5. The number of carbonyl (C=O) groups excluding carboxylic acids is 3. The van der Waals surface area contributed by atoms with Crippen LogP contribution in [0, 0.1) is 56.7 Å². The SMILES string of the molecule is C=C(C)[C@@H]1CC[C@]2(C(=O)N3CCC[C@@H]3c3ncc(-c4ccc(Cl)cc4)[nH]3)CC[C@]3(C)[C@H](CC[C@@H]4[C@@]5(C)CC[C@H](OC(=O)CC(C)(C)OC=O)C(C)(C)[C@@H]5CC[C@]43C)[C@@H]12. The quantitative estimate of drug-likeness (QED) is 0.154. The number of carbonyl (C=O) groups is 3. The molecule has 11 atom stereocenters. The van der Waals surface area contributed by atoms with Gasteiger partial charge in [-0.05, 0) is 161 Å². The molecule has 0 radical (unpaired) electrons. The molecule has 8 nitrogen and oxygen atoms in total. The summed E-state index contributed by atoms with van der Waals surface area (Å²) in [5.74, 6) is 3.05. The van der Waals surface area contributed by atoms with Crippen molar-refractivity contribution >= 4 is 29.9 Å². The molecule has 0 unspecified atom stereocenters. The number of hydrogen-bond acceptors (Lipinski definition) is 6. The molecule has 58 heavy (non-hydrogen) atoms. The molecule has 2 aromatic rings. The van der Waals surface area contributed by atoms with E-state index in [1.54, 1.807) is 13.8 Å². The van der Waals surface area contributed by atoms with E-state index in [2.05, 4.69) is 58.0 Å². The van der Waals surface area contributed by atoms with E-state index in [9.17, 15) is 9.59 Å². The molecule has 1 aliphatic heterocycles. The number of ether oxygens (including phenoxy) is 2. The zero-order valence-corrected chi connectivity index (χ0v) is 37.2. The molecular weight excluding hydrogens is 746 g/mol. The lowest BCUT2D eigenvalue weighted by molar-refractivity contribution is -0.250. The van der Waals surface area contributed by atoms with Gasteiger partial charge in [-0.15, -0.1) is 0 Å². The molecule has 5 saturated carbocycles. The van der Waals surface area contributed by atoms with Gasteiger partial charge in [-0.25, -0.2) is 4.98 Å². The Kier molecular flexibility index (Phi) is 10.4. The molecule has 1 saturated heterocycles. The van der Waals surface area contributed by atoms with E-state index in [-0.39, 0.29) is 51.6 Å². The highest BCUT2D eigenvalue weighted by Gasteiger charge is 2.72. The Morgan fingerprint density at radius 3 is 2.40 bits per heavy atom. The summed E-state index contributed by atoms with van der Waals surface area (Å²) in [7, 11) is 0. The van der Waals surface area contributed by atoms with Crippen molar-refractivity contribution in [1.29, 1.82) is 0 Å². The van der Waals surface area contributed by atoms with E-state index in [0.717, 1.165) is 94.3 Å². The van der Waals surface area contributed by atoms with Gasteiger partial charge in [0.05, 0.1) is 29.8 Å². The summed E-state index contributed by atoms with van der Waals surface area (Å²) in [6.07, 6.45) is 14.2. The average molecular weight is 815 g/mol. The van der Waals surface area contributed by atoms with E-state index in [4.69, 9.17) is 26.1 Å². The fourth-order valence-electron chi connectivity index (χ4n) is 15.3. The molecule has 6 fully saturated rings. The van der Waals surface area contributed by atoms with Gasteiger partial charge in [0, 0.05) is 17.0 Å². The molecule has 5 aliphatic carbocycles. The van der Waals surface area contributed by atoms with E-state index < -0.39 is 5.60 Å². The standard InChI is InChI=1S/C49H68ClN3O5/c1-30(2)33-18-23-49(43(56)53-26-10-11-36(53)42-51-28-35(52-42)31-12-14-32(50)15-13-31)25-24-47(8)34(41(33)49)16-17-38-46(7)21-20-39(58-40(55)27-44(3,4)57-29-54)45(5,6)37(46)19-22-48(38,47)9/h12-15,28-29,33-34,36-39,41H,1,10-11,16-27H2,2-9H3,(H,51,52)/t33-,34+,36+,37-,38+,39-,41+,46-,47+,48+,49-/m0/s1. The first-order valence-electron chi connectivity index (χ1n) is 22.4. The molecule has 0 bridgehead atoms. The smallest absolute Gasteiger partial charge is 0.310 e. The highest BCUT2D eigenvalue weighted by atomic mass is 35.5. The number of nitrogens with zero attached hydrogens (tertiary/aromatic N) is 2. The summed E-state index contributed by atoms with van der Waals surface area (Å²) in [6.45, 7) is 24.1. The summed E-state index contributed by atoms with van der Waals surface area (Å²) in [5, 5.41) is 0.707. The number of likely N-dealkylation sites (tertiary alicyclic amines) is 1. The number of allylic oxidation sites excluding steroid dienone is 1. The Balaban J connectivity index is 1.05. The zero-order chi connectivity index (χ0) is 41.6. The number of H-pyrrole nitrogens is 1. The van der Waals surface area contributed by atoms with Gasteiger partial charge in [-0.2, -0.15) is 0 Å². The Labute approximate surface area is 352 Å². The van der Waals surface area contributed by atoms with Crippen LogP contribution in [0.3, 0.4) is 0 Å². The number of halogens is 1. The molecule has 2 heterocycles. The summed E-state index contributed by atoms with van der Waals surface area (Å²) in [6, 6.07) is 7.79. The van der Waals surface area contributed by atoms with Crippen LogP contribution >= 0.6 is 11.6 Å². The van der Waals surface area contributed by atoms with Gasteiger partial charge < -0.3 is 19.4 Å². The number of hydrogen-bond donors (Lipinski definition) is 1. The number of nitrogens with one attached hydrogen (secondary N) is 1. The van der Waals surface area contributed by atoms with Crippen molar-refractivity contribution in [3.8, 4) is 11.3 Å². The van der Waals surface area contributed by atoms with Gasteiger partial charge in [-0.3, -0.25) is 14.4 Å². The van der Waals surface area contributed by atoms with E-state index in [0.29, 0.717) is 47.0 Å². The molecule has 1 aromatic heterocycles. The molecule has 1 amide bonds. The van der Waals surface area contributed by atoms with Crippen molar-refractivity contribution in [1.82, 2.24) is 14.9 Å². The van der Waals surface area contributed by atoms with Crippen molar-refractivity contribution in [3.63, 3.8) is 0 Å². The third kappa shape index (κ3) is 6.33. The second-order valence-electron chi connectivity index (χ2n) is 21.7. The van der Waals surface area contributed by atoms with E-state index >= 15 is 4.79 Å². The number of amides is 1. The molecule has 1 N–H and O–H groups in total. The molecule has 6 aliphatic rings. The van der Waals surface area contributed by atoms with Crippen molar-refractivity contribution in [2.75, 3.05) is 6.54 Å². The number of benzene rings is 1. The lowest BCUT2D eigenvalue weighted by Crippen LogP contribution is -2.67. The third-order valence-electron chi connectivity index (χ3n) is 18.2. The first kappa shape index (κ1) is 41.6. The molecule has 8 rings (SSSR count). The summed E-state index contributed by atoms with van der Waals surface area (Å²) < 4.78 is 11.5. The number of aromatic amines is 1. The Bertz CT molecular complexity index is 1940. The zero-order valence-electron chi connectivity index (χ0n) is 36.4. The number of imidazole rings is 1. The largest absolute Gasteiger partial charge is 0.462 e. The molecule has 1 aromatic carbocycles. The maximum atomic E-state index is 15.5. The minimum Gasteiger partial charge on any atom is -0.462 e. The van der Waals surface area contributed by atoms with Crippen LogP contribution in [0.15, 0.2) is 42.6 Å². The van der Waals surface area contributed by atoms with Crippen LogP contribution in [0.4, 0.5) is 0 Å². The Hall–Kier alpha value is -3.13. The van der Waals surface area contributed by atoms with E-state index in [1.165, 1.54) is 12.0 Å². The van der Waals surface area contributed by atoms with Crippen LogP contribution in [-0.2, 0) is 23.9 Å². The lowest BCUT2D eigenvalue weighted by atomic mass is 9.32. The minimum absolute atomic E-state index is 0.0434. The minimum atomic E-state index is -0.893. The maximum absolute atomic E-state index is 15.5. The second-order valence-corrected chi connectivity index (χ2v) is 22.1. The lowest BCUT2D eigenvalue weighted by Gasteiger charge is -2.73. The predicted octanol–water partition coefficient (Wildman–Crippen LogP) is 11.3. The first-order valence-corrected chi connectivity index (χ1v) is 22.8. The first-order chi connectivity index (χ1) is 27.3. The van der Waals surface area contributed by atoms with E-state index in [1.807, 2.05) is 30.5 Å². The number of esters is 1. The normalized spacial score (nSPS) is 39.1. The van der Waals surface area contributed by atoms with Crippen LogP contribution in [0.25, 0.3) is 11.3 Å². The Morgan fingerprint density at radius 1 is 0.948 bits per heavy atom. The molecule has 9 heteroatoms. The number of fused-ring (bicyclic) bond motifs is 7. The highest BCUT2D eigenvalue weighted by Crippen LogP contribution is 2.78. The monoisotopic (exact) mass is 813 g/mol. The van der Waals surface area contributed by atoms with Crippen molar-refractivity contribution in [3.05, 3.63) is 53.5 Å². The molecular formula is C49H68ClN3O5. The van der Waals surface area contributed by atoms with Gasteiger partial charge in [0.1, 0.15) is 17.5 Å². The van der Waals surface area contributed by atoms with Gasteiger partial charge >= 0.3 is 5.97 Å². The number of rotatable bonds is 9. The maximum Gasteiger partial charge on any atom is 0.310 e. The van der Waals surface area contributed by atoms with Gasteiger partial charge in [0.25, 0.3) is 6.47 Å². The predicted molar refractivity (Wildman–Crippen MR) is 227 cm³/mol. The fourth-order valence-corrected chi connectivity index (χ4v) is 15.4. The van der Waals surface area contributed by atoms with Crippen LogP contribution in [0.5, 0.6) is 0 Å². The molecule has 316 valence electrons. The summed E-state index contributed by atoms with van der Waals surface area (Å²) in [4.78, 5) is 50.5. The average Bonchev–Trinajstić information content (AvgIpc) is 3.92. The third-order valence-corrected chi connectivity index (χ3v) is 18.5. The Morgan fingerprint density at radius 2 is 1.69 bits per heavy atom. The summed E-state index contributed by atoms with van der Waals surface area (Å²) >= 11 is 6.19.